The van der Waals surface area contributed by atoms with Gasteiger partial charge in [-0.05, 0) is 24.3 Å². The van der Waals surface area contributed by atoms with Crippen LogP contribution in [0.25, 0.3) is 0 Å². The summed E-state index contributed by atoms with van der Waals surface area (Å²) >= 11 is 0. The molecule has 2 aromatic rings. The SMILES string of the molecule is c1cnnc(CNCc2ccco2)c1. The number of nitrogens with zero attached hydrogens (tertiary/aromatic N) is 2. The highest BCUT2D eigenvalue weighted by Crippen LogP contribution is 1.99. The molecule has 0 aromatic carbocycles. The number of furan rings is 1. The summed E-state index contributed by atoms with van der Waals surface area (Å²) in [6, 6.07) is 7.61. The molecular weight excluding hydrogens is 178 g/mol. The van der Waals surface area contributed by atoms with Crippen LogP contribution in [-0.2, 0) is 13.1 Å². The third kappa shape index (κ3) is 2.40. The molecule has 0 saturated heterocycles. The second-order valence-corrected chi connectivity index (χ2v) is 2.90. The smallest absolute Gasteiger partial charge is 0.117 e. The van der Waals surface area contributed by atoms with Crippen LogP contribution in [0.3, 0.4) is 0 Å². The summed E-state index contributed by atoms with van der Waals surface area (Å²) in [5, 5.41) is 10.9. The molecule has 4 nitrogen and oxygen atoms in total. The summed E-state index contributed by atoms with van der Waals surface area (Å²) in [7, 11) is 0. The van der Waals surface area contributed by atoms with Gasteiger partial charge in [-0.2, -0.15) is 10.2 Å². The van der Waals surface area contributed by atoms with Crippen LogP contribution in [0, 0.1) is 0 Å². The van der Waals surface area contributed by atoms with Crippen molar-refractivity contribution < 1.29 is 4.42 Å². The lowest BCUT2D eigenvalue weighted by atomic mass is 10.4. The van der Waals surface area contributed by atoms with Crippen molar-refractivity contribution in [2.45, 2.75) is 13.1 Å². The van der Waals surface area contributed by atoms with E-state index in [1.807, 2.05) is 24.3 Å². The van der Waals surface area contributed by atoms with Crippen molar-refractivity contribution in [1.82, 2.24) is 15.5 Å². The van der Waals surface area contributed by atoms with Crippen LogP contribution >= 0.6 is 0 Å². The standard InChI is InChI=1S/C10H11N3O/c1-3-9(13-12-5-1)7-11-8-10-4-2-6-14-10/h1-6,11H,7-8H2. The molecule has 2 aromatic heterocycles. The van der Waals surface area contributed by atoms with Crippen LogP contribution in [0.15, 0.2) is 41.1 Å². The first-order valence-electron chi connectivity index (χ1n) is 4.45. The summed E-state index contributed by atoms with van der Waals surface area (Å²) in [5.74, 6) is 0.925. The lowest BCUT2D eigenvalue weighted by Gasteiger charge is -2.00. The maximum absolute atomic E-state index is 5.17. The molecule has 0 spiro atoms. The van der Waals surface area contributed by atoms with Gasteiger partial charge in [-0.15, -0.1) is 0 Å². The van der Waals surface area contributed by atoms with Crippen molar-refractivity contribution in [3.05, 3.63) is 48.2 Å². The van der Waals surface area contributed by atoms with Gasteiger partial charge >= 0.3 is 0 Å². The summed E-state index contributed by atoms with van der Waals surface area (Å²) in [6.07, 6.45) is 3.33. The maximum Gasteiger partial charge on any atom is 0.117 e. The minimum Gasteiger partial charge on any atom is -0.468 e. The Balaban J connectivity index is 1.79. The summed E-state index contributed by atoms with van der Waals surface area (Å²) in [4.78, 5) is 0. The molecule has 4 heteroatoms. The Morgan fingerprint density at radius 1 is 1.21 bits per heavy atom. The number of hydrogen-bond acceptors (Lipinski definition) is 4. The Bertz CT molecular complexity index is 358. The van der Waals surface area contributed by atoms with E-state index in [0.29, 0.717) is 13.1 Å². The zero-order valence-corrected chi connectivity index (χ0v) is 7.68. The minimum atomic E-state index is 0.703. The number of nitrogens with one attached hydrogen (secondary N) is 1. The highest BCUT2D eigenvalue weighted by Gasteiger charge is 1.96. The van der Waals surface area contributed by atoms with E-state index in [1.165, 1.54) is 0 Å². The first-order valence-corrected chi connectivity index (χ1v) is 4.45. The van der Waals surface area contributed by atoms with Crippen molar-refractivity contribution in [2.75, 3.05) is 0 Å². The molecule has 2 rings (SSSR count). The van der Waals surface area contributed by atoms with E-state index in [-0.39, 0.29) is 0 Å². The van der Waals surface area contributed by atoms with Crippen LogP contribution in [0.2, 0.25) is 0 Å². The molecule has 2 heterocycles. The van der Waals surface area contributed by atoms with E-state index >= 15 is 0 Å². The Kier molecular flexibility index (Phi) is 2.88. The molecule has 0 atom stereocenters. The fourth-order valence-corrected chi connectivity index (χ4v) is 1.15. The highest BCUT2D eigenvalue weighted by atomic mass is 16.3. The van der Waals surface area contributed by atoms with Gasteiger partial charge in [-0.25, -0.2) is 0 Å². The van der Waals surface area contributed by atoms with Crippen molar-refractivity contribution in [3.8, 4) is 0 Å². The molecule has 0 radical (unpaired) electrons. The van der Waals surface area contributed by atoms with E-state index < -0.39 is 0 Å². The van der Waals surface area contributed by atoms with Crippen molar-refractivity contribution in [3.63, 3.8) is 0 Å². The molecular formula is C10H11N3O. The predicted octanol–water partition coefficient (Wildman–Crippen LogP) is 1.36. The van der Waals surface area contributed by atoms with Crippen LogP contribution in [-0.4, -0.2) is 10.2 Å². The van der Waals surface area contributed by atoms with Crippen LogP contribution in [0.5, 0.6) is 0 Å². The van der Waals surface area contributed by atoms with E-state index in [2.05, 4.69) is 15.5 Å². The number of hydrogen-bond donors (Lipinski definition) is 1. The molecule has 0 unspecified atom stereocenters. The van der Waals surface area contributed by atoms with Gasteiger partial charge in [0.1, 0.15) is 5.76 Å². The summed E-state index contributed by atoms with van der Waals surface area (Å²) in [5.41, 5.74) is 0.930. The average Bonchev–Trinajstić information content (AvgIpc) is 2.72. The lowest BCUT2D eigenvalue weighted by molar-refractivity contribution is 0.481. The fraction of sp³-hybridized carbons (Fsp3) is 0.200. The molecule has 0 aliphatic carbocycles. The largest absolute Gasteiger partial charge is 0.468 e. The molecule has 14 heavy (non-hydrogen) atoms. The number of rotatable bonds is 4. The lowest BCUT2D eigenvalue weighted by Crippen LogP contribution is -2.13. The molecule has 72 valence electrons. The van der Waals surface area contributed by atoms with Gasteiger partial charge in [0, 0.05) is 12.7 Å². The second-order valence-electron chi connectivity index (χ2n) is 2.90. The van der Waals surface area contributed by atoms with Gasteiger partial charge in [0.15, 0.2) is 0 Å². The van der Waals surface area contributed by atoms with E-state index in [1.54, 1.807) is 12.5 Å². The monoisotopic (exact) mass is 189 g/mol. The summed E-state index contributed by atoms with van der Waals surface area (Å²) < 4.78 is 5.17. The molecule has 0 aliphatic heterocycles. The first kappa shape index (κ1) is 8.90. The Morgan fingerprint density at radius 3 is 2.93 bits per heavy atom. The third-order valence-electron chi connectivity index (χ3n) is 1.81. The molecule has 0 aliphatic rings. The third-order valence-corrected chi connectivity index (χ3v) is 1.81. The second kappa shape index (κ2) is 4.53. The zero-order valence-electron chi connectivity index (χ0n) is 7.68. The molecule has 0 amide bonds. The zero-order chi connectivity index (χ0) is 9.64. The molecule has 0 fully saturated rings. The number of aromatic nitrogens is 2. The quantitative estimate of drug-likeness (QED) is 0.789. The topological polar surface area (TPSA) is 51.0 Å². The van der Waals surface area contributed by atoms with Crippen LogP contribution < -0.4 is 5.32 Å². The van der Waals surface area contributed by atoms with Gasteiger partial charge in [-0.1, -0.05) is 0 Å². The van der Waals surface area contributed by atoms with E-state index in [0.717, 1.165) is 11.5 Å². The van der Waals surface area contributed by atoms with Gasteiger partial charge in [0.25, 0.3) is 0 Å². The van der Waals surface area contributed by atoms with E-state index in [9.17, 15) is 0 Å². The van der Waals surface area contributed by atoms with E-state index in [4.69, 9.17) is 4.42 Å². The van der Waals surface area contributed by atoms with Crippen molar-refractivity contribution in [2.24, 2.45) is 0 Å². The summed E-state index contributed by atoms with van der Waals surface area (Å²) in [6.45, 7) is 1.41. The van der Waals surface area contributed by atoms with Gasteiger partial charge in [-0.3, -0.25) is 0 Å². The first-order chi connectivity index (χ1) is 6.95. The molecule has 0 saturated carbocycles. The molecule has 1 N–H and O–H groups in total. The predicted molar refractivity (Wildman–Crippen MR) is 51.3 cm³/mol. The average molecular weight is 189 g/mol. The van der Waals surface area contributed by atoms with Crippen LogP contribution in [0.4, 0.5) is 0 Å². The Labute approximate surface area is 82.0 Å². The van der Waals surface area contributed by atoms with Gasteiger partial charge < -0.3 is 9.73 Å². The Morgan fingerprint density at radius 2 is 2.21 bits per heavy atom. The minimum absolute atomic E-state index is 0.703. The maximum atomic E-state index is 5.17. The fourth-order valence-electron chi connectivity index (χ4n) is 1.15. The van der Waals surface area contributed by atoms with Crippen LogP contribution in [0.1, 0.15) is 11.5 Å². The van der Waals surface area contributed by atoms with Gasteiger partial charge in [0.2, 0.25) is 0 Å². The van der Waals surface area contributed by atoms with Crippen molar-refractivity contribution in [1.29, 1.82) is 0 Å². The van der Waals surface area contributed by atoms with Gasteiger partial charge in [0.05, 0.1) is 18.5 Å². The van der Waals surface area contributed by atoms with Crippen molar-refractivity contribution >= 4 is 0 Å². The molecule has 0 bridgehead atoms. The Hall–Kier alpha value is -1.68. The normalized spacial score (nSPS) is 10.3. The highest BCUT2D eigenvalue weighted by molar-refractivity contribution is 5.00.